The molecule has 1 fully saturated rings. The van der Waals surface area contributed by atoms with E-state index in [4.69, 9.17) is 21.7 Å². The molecule has 1 atom stereocenters. The minimum absolute atomic E-state index is 0.0460. The Morgan fingerprint density at radius 2 is 1.86 bits per heavy atom. The van der Waals surface area contributed by atoms with E-state index < -0.39 is 6.04 Å². The highest BCUT2D eigenvalue weighted by Gasteiger charge is 2.44. The van der Waals surface area contributed by atoms with Crippen LogP contribution < -0.4 is 19.7 Å². The van der Waals surface area contributed by atoms with E-state index in [1.165, 1.54) is 4.90 Å². The van der Waals surface area contributed by atoms with E-state index in [1.807, 2.05) is 79.0 Å². The van der Waals surface area contributed by atoms with E-state index in [0.717, 1.165) is 16.5 Å². The van der Waals surface area contributed by atoms with E-state index in [1.54, 1.807) is 4.90 Å². The minimum atomic E-state index is -0.752. The van der Waals surface area contributed by atoms with Gasteiger partial charge in [-0.25, -0.2) is 0 Å². The van der Waals surface area contributed by atoms with Crippen LogP contribution in [0, 0.1) is 0 Å². The Morgan fingerprint density at radius 3 is 2.72 bits per heavy atom. The summed E-state index contributed by atoms with van der Waals surface area (Å²) in [5.74, 6) is 0.826. The topological polar surface area (TPSA) is 86.9 Å². The number of thiocarbonyl (C=S) groups is 1. The van der Waals surface area contributed by atoms with E-state index in [0.29, 0.717) is 34.5 Å². The number of nitrogens with one attached hydrogen (secondary N) is 2. The zero-order chi connectivity index (χ0) is 24.6. The molecule has 8 nitrogen and oxygen atoms in total. The van der Waals surface area contributed by atoms with Crippen LogP contribution in [0.4, 0.5) is 11.4 Å². The summed E-state index contributed by atoms with van der Waals surface area (Å²) in [6.45, 7) is 0.523. The normalized spacial score (nSPS) is 16.7. The lowest BCUT2D eigenvalue weighted by Gasteiger charge is -2.24. The number of rotatable bonds is 6. The summed E-state index contributed by atoms with van der Waals surface area (Å²) >= 11 is 5.76. The lowest BCUT2D eigenvalue weighted by Crippen LogP contribution is -2.37. The predicted octanol–water partition coefficient (Wildman–Crippen LogP) is 4.43. The van der Waals surface area contributed by atoms with Gasteiger partial charge in [-0.3, -0.25) is 14.5 Å². The third-order valence-electron chi connectivity index (χ3n) is 6.34. The van der Waals surface area contributed by atoms with Crippen molar-refractivity contribution in [2.45, 2.75) is 19.0 Å². The average Bonchev–Trinajstić information content (AvgIpc) is 3.59. The smallest absolute Gasteiger partial charge is 0.256 e. The molecular weight excluding hydrogens is 476 g/mol. The van der Waals surface area contributed by atoms with Crippen molar-refractivity contribution >= 4 is 51.4 Å². The molecule has 0 radical (unpaired) electrons. The number of carbonyl (C=O) groups excluding carboxylic acids is 2. The van der Waals surface area contributed by atoms with Crippen LogP contribution in [0.25, 0.3) is 10.9 Å². The molecule has 4 aromatic rings. The molecule has 3 heterocycles. The van der Waals surface area contributed by atoms with Gasteiger partial charge in [0.15, 0.2) is 16.6 Å². The second-order valence-electron chi connectivity index (χ2n) is 8.66. The van der Waals surface area contributed by atoms with Gasteiger partial charge in [-0.15, -0.1) is 0 Å². The van der Waals surface area contributed by atoms with Crippen LogP contribution in [-0.4, -0.2) is 39.6 Å². The van der Waals surface area contributed by atoms with Gasteiger partial charge in [-0.1, -0.05) is 30.3 Å². The van der Waals surface area contributed by atoms with Gasteiger partial charge in [0.1, 0.15) is 6.04 Å². The van der Waals surface area contributed by atoms with Gasteiger partial charge in [0, 0.05) is 23.9 Å². The largest absolute Gasteiger partial charge is 0.454 e. The number of para-hydroxylation sites is 1. The van der Waals surface area contributed by atoms with Gasteiger partial charge in [0.2, 0.25) is 12.7 Å². The van der Waals surface area contributed by atoms with Crippen LogP contribution in [0.1, 0.15) is 12.0 Å². The van der Waals surface area contributed by atoms with Crippen LogP contribution in [0.2, 0.25) is 0 Å². The fraction of sp³-hybridized carbons (Fsp3) is 0.148. The quantitative estimate of drug-likeness (QED) is 0.383. The standard InChI is InChI=1S/C27H22N4O4S/c32-25(29-19-8-7-18-10-11-28-21(18)13-19)14-22-26(33)31(20-4-2-1-3-5-20)27(36)30(22)15-17-6-9-23-24(12-17)35-16-34-23/h1-13,22,28H,14-16H2,(H,29,32). The number of H-pyrrole nitrogens is 1. The van der Waals surface area contributed by atoms with E-state index in [9.17, 15) is 9.59 Å². The summed E-state index contributed by atoms with van der Waals surface area (Å²) in [5.41, 5.74) is 3.14. The van der Waals surface area contributed by atoms with Crippen molar-refractivity contribution in [3.63, 3.8) is 0 Å². The highest BCUT2D eigenvalue weighted by atomic mass is 32.1. The highest BCUT2D eigenvalue weighted by molar-refractivity contribution is 7.80. The number of hydrogen-bond acceptors (Lipinski definition) is 5. The molecule has 1 unspecified atom stereocenters. The number of carbonyl (C=O) groups is 2. The Balaban J connectivity index is 1.26. The van der Waals surface area contributed by atoms with Crippen LogP contribution in [-0.2, 0) is 16.1 Å². The molecule has 6 rings (SSSR count). The molecule has 2 aliphatic heterocycles. The number of anilines is 2. The Morgan fingerprint density at radius 1 is 1.03 bits per heavy atom. The molecule has 36 heavy (non-hydrogen) atoms. The number of ether oxygens (including phenoxy) is 2. The maximum atomic E-state index is 13.6. The summed E-state index contributed by atoms with van der Waals surface area (Å²) in [7, 11) is 0. The third-order valence-corrected chi connectivity index (χ3v) is 6.76. The fourth-order valence-electron chi connectivity index (χ4n) is 4.58. The van der Waals surface area contributed by atoms with Crippen LogP contribution in [0.5, 0.6) is 11.5 Å². The fourth-order valence-corrected chi connectivity index (χ4v) is 4.96. The number of amides is 2. The van der Waals surface area contributed by atoms with E-state index in [2.05, 4.69) is 10.3 Å². The van der Waals surface area contributed by atoms with Crippen molar-refractivity contribution in [1.29, 1.82) is 0 Å². The van der Waals surface area contributed by atoms with Crippen molar-refractivity contribution < 1.29 is 19.1 Å². The molecule has 1 saturated heterocycles. The number of benzene rings is 3. The Kier molecular flexibility index (Phi) is 5.54. The molecule has 2 aliphatic rings. The van der Waals surface area contributed by atoms with E-state index >= 15 is 0 Å². The van der Waals surface area contributed by atoms with Crippen molar-refractivity contribution in [3.05, 3.63) is 84.6 Å². The van der Waals surface area contributed by atoms with Crippen LogP contribution in [0.3, 0.4) is 0 Å². The van der Waals surface area contributed by atoms with Gasteiger partial charge in [-0.2, -0.15) is 0 Å². The maximum absolute atomic E-state index is 13.6. The molecule has 9 heteroatoms. The van der Waals surface area contributed by atoms with Crippen molar-refractivity contribution in [2.75, 3.05) is 17.0 Å². The van der Waals surface area contributed by atoms with Gasteiger partial charge in [0.25, 0.3) is 5.91 Å². The SMILES string of the molecule is O=C(CC1C(=O)N(c2ccccc2)C(=S)N1Cc1ccc2c(c1)OCO2)Nc1ccc2cc[nH]c2c1. The van der Waals surface area contributed by atoms with Crippen molar-refractivity contribution in [2.24, 2.45) is 0 Å². The number of aromatic amines is 1. The Bertz CT molecular complexity index is 1490. The van der Waals surface area contributed by atoms with Crippen LogP contribution in [0.15, 0.2) is 79.0 Å². The molecule has 1 aromatic heterocycles. The lowest BCUT2D eigenvalue weighted by atomic mass is 10.1. The average molecular weight is 499 g/mol. The van der Waals surface area contributed by atoms with Gasteiger partial charge >= 0.3 is 0 Å². The highest BCUT2D eigenvalue weighted by Crippen LogP contribution is 2.34. The molecule has 0 saturated carbocycles. The van der Waals surface area contributed by atoms with Crippen molar-refractivity contribution in [1.82, 2.24) is 9.88 Å². The van der Waals surface area contributed by atoms with Crippen LogP contribution >= 0.6 is 12.2 Å². The number of nitrogens with zero attached hydrogens (tertiary/aromatic N) is 2. The monoisotopic (exact) mass is 498 g/mol. The molecule has 2 N–H and O–H groups in total. The molecule has 0 bridgehead atoms. The third kappa shape index (κ3) is 4.03. The number of aromatic nitrogens is 1. The first kappa shape index (κ1) is 22.1. The molecular formula is C27H22N4O4S. The first-order valence-corrected chi connectivity index (χ1v) is 11.9. The summed E-state index contributed by atoms with van der Waals surface area (Å²) in [4.78, 5) is 33.1. The van der Waals surface area contributed by atoms with Gasteiger partial charge in [-0.05, 0) is 65.6 Å². The van der Waals surface area contributed by atoms with Gasteiger partial charge < -0.3 is 24.7 Å². The lowest BCUT2D eigenvalue weighted by molar-refractivity contribution is -0.124. The molecule has 180 valence electrons. The summed E-state index contributed by atoms with van der Waals surface area (Å²) in [6, 6.07) is 21.7. The number of hydrogen-bond donors (Lipinski definition) is 2. The molecule has 0 aliphatic carbocycles. The summed E-state index contributed by atoms with van der Waals surface area (Å²) < 4.78 is 10.9. The second-order valence-corrected chi connectivity index (χ2v) is 9.02. The Labute approximate surface area is 212 Å². The first-order chi connectivity index (χ1) is 17.6. The molecule has 2 amide bonds. The zero-order valence-corrected chi connectivity index (χ0v) is 20.0. The molecule has 0 spiro atoms. The maximum Gasteiger partial charge on any atom is 0.256 e. The minimum Gasteiger partial charge on any atom is -0.454 e. The predicted molar refractivity (Wildman–Crippen MR) is 140 cm³/mol. The van der Waals surface area contributed by atoms with E-state index in [-0.39, 0.29) is 25.0 Å². The van der Waals surface area contributed by atoms with Gasteiger partial charge in [0.05, 0.1) is 12.1 Å². The number of fused-ring (bicyclic) bond motifs is 2. The summed E-state index contributed by atoms with van der Waals surface area (Å²) in [6.07, 6.45) is 1.80. The molecule has 3 aromatic carbocycles. The first-order valence-electron chi connectivity index (χ1n) is 11.5. The zero-order valence-electron chi connectivity index (χ0n) is 19.1. The van der Waals surface area contributed by atoms with Crippen molar-refractivity contribution in [3.8, 4) is 11.5 Å². The second kappa shape index (κ2) is 9.01. The summed E-state index contributed by atoms with van der Waals surface area (Å²) in [5, 5.41) is 4.33. The Hall–Kier alpha value is -4.37.